The smallest absolute Gasteiger partial charge is 0.321 e. The number of hydrogen-bond acceptors (Lipinski definition) is 2. The number of rotatable bonds is 3. The van der Waals surface area contributed by atoms with Gasteiger partial charge >= 0.3 is 6.03 Å². The van der Waals surface area contributed by atoms with Crippen molar-refractivity contribution >= 4 is 22.5 Å². The summed E-state index contributed by atoms with van der Waals surface area (Å²) in [6.45, 7) is 3.58. The fraction of sp³-hybridized carbons (Fsp3) is 0.227. The zero-order valence-corrected chi connectivity index (χ0v) is 15.1. The summed E-state index contributed by atoms with van der Waals surface area (Å²) in [5.74, 6) is -0.208. The second kappa shape index (κ2) is 7.76. The zero-order valence-electron chi connectivity index (χ0n) is 15.1. The first-order chi connectivity index (χ1) is 13.2. The molecule has 4 rings (SSSR count). The summed E-state index contributed by atoms with van der Waals surface area (Å²) < 4.78 is 13.3. The number of nitrogens with zero attached hydrogens (tertiary/aromatic N) is 2. The number of piperazine rings is 1. The number of fused-ring (bicyclic) bond motifs is 1. The Kier molecular flexibility index (Phi) is 5.03. The van der Waals surface area contributed by atoms with E-state index in [1.165, 1.54) is 6.07 Å². The molecule has 138 valence electrons. The molecule has 0 radical (unpaired) electrons. The molecule has 1 aliphatic rings. The average molecular weight is 363 g/mol. The van der Waals surface area contributed by atoms with Crippen molar-refractivity contribution < 1.29 is 9.18 Å². The summed E-state index contributed by atoms with van der Waals surface area (Å²) in [5, 5.41) is 5.19. The van der Waals surface area contributed by atoms with Crippen molar-refractivity contribution in [2.24, 2.45) is 0 Å². The quantitative estimate of drug-likeness (QED) is 0.752. The highest BCUT2D eigenvalue weighted by molar-refractivity contribution is 6.01. The molecule has 0 aromatic heterocycles. The molecule has 0 unspecified atom stereocenters. The molecule has 0 atom stereocenters. The summed E-state index contributed by atoms with van der Waals surface area (Å²) >= 11 is 0. The third kappa shape index (κ3) is 4.09. The second-order valence-electron chi connectivity index (χ2n) is 6.85. The summed E-state index contributed by atoms with van der Waals surface area (Å²) in [7, 11) is 0. The molecule has 0 aliphatic carbocycles. The Morgan fingerprint density at radius 1 is 0.926 bits per heavy atom. The van der Waals surface area contributed by atoms with Gasteiger partial charge in [0.2, 0.25) is 0 Å². The van der Waals surface area contributed by atoms with Crippen LogP contribution in [0.25, 0.3) is 10.8 Å². The topological polar surface area (TPSA) is 35.6 Å². The van der Waals surface area contributed by atoms with Gasteiger partial charge in [0.25, 0.3) is 0 Å². The van der Waals surface area contributed by atoms with Crippen LogP contribution in [0.1, 0.15) is 5.56 Å². The number of amides is 2. The molecule has 4 nitrogen and oxygen atoms in total. The van der Waals surface area contributed by atoms with Crippen LogP contribution >= 0.6 is 0 Å². The summed E-state index contributed by atoms with van der Waals surface area (Å²) in [4.78, 5) is 16.8. The first kappa shape index (κ1) is 17.5. The fourth-order valence-electron chi connectivity index (χ4n) is 3.53. The number of halogens is 1. The van der Waals surface area contributed by atoms with Crippen molar-refractivity contribution in [1.82, 2.24) is 9.80 Å². The van der Waals surface area contributed by atoms with E-state index >= 15 is 0 Å². The molecule has 5 heteroatoms. The van der Waals surface area contributed by atoms with Gasteiger partial charge in [0.15, 0.2) is 0 Å². The molecule has 0 saturated carbocycles. The second-order valence-corrected chi connectivity index (χ2v) is 6.85. The Morgan fingerprint density at radius 2 is 1.67 bits per heavy atom. The van der Waals surface area contributed by atoms with Crippen LogP contribution in [-0.2, 0) is 6.54 Å². The van der Waals surface area contributed by atoms with E-state index in [9.17, 15) is 9.18 Å². The minimum absolute atomic E-state index is 0.0724. The van der Waals surface area contributed by atoms with Crippen LogP contribution in [0.3, 0.4) is 0 Å². The van der Waals surface area contributed by atoms with Crippen LogP contribution in [-0.4, -0.2) is 42.0 Å². The number of hydrogen-bond donors (Lipinski definition) is 1. The third-order valence-electron chi connectivity index (χ3n) is 4.99. The monoisotopic (exact) mass is 363 g/mol. The molecule has 1 heterocycles. The van der Waals surface area contributed by atoms with Crippen LogP contribution < -0.4 is 5.32 Å². The maximum absolute atomic E-state index is 13.3. The lowest BCUT2D eigenvalue weighted by molar-refractivity contribution is 0.143. The number of carbonyl (C=O) groups excluding carboxylic acids is 1. The first-order valence-corrected chi connectivity index (χ1v) is 9.19. The summed E-state index contributed by atoms with van der Waals surface area (Å²) in [6.07, 6.45) is 0. The SMILES string of the molecule is O=C(Nc1cccc2ccccc12)N1CCN(Cc2cccc(F)c2)CC1. The molecule has 27 heavy (non-hydrogen) atoms. The van der Waals surface area contributed by atoms with Crippen molar-refractivity contribution in [2.45, 2.75) is 6.54 Å². The maximum Gasteiger partial charge on any atom is 0.321 e. The molecule has 1 fully saturated rings. The van der Waals surface area contributed by atoms with E-state index in [4.69, 9.17) is 0 Å². The number of benzene rings is 3. The Bertz CT molecular complexity index is 946. The standard InChI is InChI=1S/C22H22FN3O/c23-19-8-3-5-17(15-19)16-25-11-13-26(14-12-25)22(27)24-21-10-4-7-18-6-1-2-9-20(18)21/h1-10,15H,11-14,16H2,(H,24,27). The lowest BCUT2D eigenvalue weighted by Crippen LogP contribution is -2.49. The van der Waals surface area contributed by atoms with Crippen LogP contribution in [0, 0.1) is 5.82 Å². The molecule has 2 amide bonds. The van der Waals surface area contributed by atoms with E-state index in [1.54, 1.807) is 12.1 Å². The number of urea groups is 1. The van der Waals surface area contributed by atoms with Gasteiger partial charge in [-0.25, -0.2) is 9.18 Å². The van der Waals surface area contributed by atoms with Crippen molar-refractivity contribution in [3.05, 3.63) is 78.1 Å². The van der Waals surface area contributed by atoms with Gasteiger partial charge in [0, 0.05) is 38.1 Å². The van der Waals surface area contributed by atoms with Gasteiger partial charge in [-0.05, 0) is 29.1 Å². The van der Waals surface area contributed by atoms with E-state index in [1.807, 2.05) is 53.4 Å². The van der Waals surface area contributed by atoms with Crippen molar-refractivity contribution in [3.8, 4) is 0 Å². The highest BCUT2D eigenvalue weighted by atomic mass is 19.1. The van der Waals surface area contributed by atoms with E-state index in [0.717, 1.165) is 35.1 Å². The number of anilines is 1. The third-order valence-corrected chi connectivity index (χ3v) is 4.99. The molecule has 1 saturated heterocycles. The fourth-order valence-corrected chi connectivity index (χ4v) is 3.53. The minimum Gasteiger partial charge on any atom is -0.322 e. The Morgan fingerprint density at radius 3 is 2.48 bits per heavy atom. The average Bonchev–Trinajstić information content (AvgIpc) is 2.69. The van der Waals surface area contributed by atoms with Gasteiger partial charge in [-0.15, -0.1) is 0 Å². The van der Waals surface area contributed by atoms with Gasteiger partial charge in [-0.2, -0.15) is 0 Å². The lowest BCUT2D eigenvalue weighted by atomic mass is 10.1. The van der Waals surface area contributed by atoms with Crippen molar-refractivity contribution in [1.29, 1.82) is 0 Å². The van der Waals surface area contributed by atoms with Crippen molar-refractivity contribution in [3.63, 3.8) is 0 Å². The molecule has 0 spiro atoms. The van der Waals surface area contributed by atoms with Crippen LogP contribution in [0.5, 0.6) is 0 Å². The van der Waals surface area contributed by atoms with E-state index in [2.05, 4.69) is 10.2 Å². The van der Waals surface area contributed by atoms with Gasteiger partial charge in [0.1, 0.15) is 5.82 Å². The van der Waals surface area contributed by atoms with Gasteiger partial charge in [-0.1, -0.05) is 48.5 Å². The van der Waals surface area contributed by atoms with Gasteiger partial charge in [0.05, 0.1) is 5.69 Å². The minimum atomic E-state index is -0.208. The van der Waals surface area contributed by atoms with E-state index < -0.39 is 0 Å². The normalized spacial score (nSPS) is 15.1. The summed E-state index contributed by atoms with van der Waals surface area (Å²) in [5.41, 5.74) is 1.80. The molecule has 1 aliphatic heterocycles. The lowest BCUT2D eigenvalue weighted by Gasteiger charge is -2.34. The van der Waals surface area contributed by atoms with Gasteiger partial charge < -0.3 is 10.2 Å². The summed E-state index contributed by atoms with van der Waals surface area (Å²) in [6, 6.07) is 20.6. The largest absolute Gasteiger partial charge is 0.322 e. The van der Waals surface area contributed by atoms with E-state index in [-0.39, 0.29) is 11.8 Å². The van der Waals surface area contributed by atoms with Crippen LogP contribution in [0.15, 0.2) is 66.7 Å². The Balaban J connectivity index is 1.36. The van der Waals surface area contributed by atoms with E-state index in [0.29, 0.717) is 19.6 Å². The first-order valence-electron chi connectivity index (χ1n) is 9.19. The predicted molar refractivity (Wildman–Crippen MR) is 106 cm³/mol. The molecular weight excluding hydrogens is 341 g/mol. The Labute approximate surface area is 158 Å². The zero-order chi connectivity index (χ0) is 18.6. The van der Waals surface area contributed by atoms with Crippen molar-refractivity contribution in [2.75, 3.05) is 31.5 Å². The number of nitrogens with one attached hydrogen (secondary N) is 1. The maximum atomic E-state index is 13.3. The van der Waals surface area contributed by atoms with Gasteiger partial charge in [-0.3, -0.25) is 4.90 Å². The Hall–Kier alpha value is -2.92. The molecule has 0 bridgehead atoms. The van der Waals surface area contributed by atoms with Crippen LogP contribution in [0.2, 0.25) is 0 Å². The molecule has 1 N–H and O–H groups in total. The highest BCUT2D eigenvalue weighted by Gasteiger charge is 2.21. The number of carbonyl (C=O) groups is 1. The predicted octanol–water partition coefficient (Wildman–Crippen LogP) is 4.33. The molecule has 3 aromatic rings. The molecular formula is C22H22FN3O. The molecule has 3 aromatic carbocycles. The highest BCUT2D eigenvalue weighted by Crippen LogP contribution is 2.23. The van der Waals surface area contributed by atoms with Crippen LogP contribution in [0.4, 0.5) is 14.9 Å².